The summed E-state index contributed by atoms with van der Waals surface area (Å²) in [6, 6.07) is 1.06. The molecule has 0 bridgehead atoms. The predicted octanol–water partition coefficient (Wildman–Crippen LogP) is 2.32. The molecule has 2 N–H and O–H groups in total. The number of nitro benzene ring substituents is 1. The molecule has 0 atom stereocenters. The van der Waals surface area contributed by atoms with E-state index in [0.29, 0.717) is 12.1 Å². The van der Waals surface area contributed by atoms with E-state index in [1.807, 2.05) is 0 Å². The van der Waals surface area contributed by atoms with Gasteiger partial charge < -0.3 is 5.73 Å². The SMILES string of the molecule is NC(=O)c1cc([N+](=O)[O-])c(I)cc1C(F)(F)F. The van der Waals surface area contributed by atoms with Gasteiger partial charge in [0, 0.05) is 6.07 Å². The molecular weight excluding hydrogens is 356 g/mol. The minimum atomic E-state index is -4.79. The summed E-state index contributed by atoms with van der Waals surface area (Å²) in [5.74, 6) is -1.36. The van der Waals surface area contributed by atoms with Crippen molar-refractivity contribution >= 4 is 34.2 Å². The van der Waals surface area contributed by atoms with Crippen molar-refractivity contribution in [1.82, 2.24) is 0 Å². The number of primary amides is 1. The van der Waals surface area contributed by atoms with Gasteiger partial charge in [0.15, 0.2) is 0 Å². The topological polar surface area (TPSA) is 86.2 Å². The van der Waals surface area contributed by atoms with Crippen LogP contribution in [0.3, 0.4) is 0 Å². The predicted molar refractivity (Wildman–Crippen MR) is 59.3 cm³/mol. The number of hydrogen-bond donors (Lipinski definition) is 1. The maximum absolute atomic E-state index is 12.5. The first-order chi connectivity index (χ1) is 7.64. The van der Waals surface area contributed by atoms with E-state index in [0.717, 1.165) is 0 Å². The lowest BCUT2D eigenvalue weighted by atomic mass is 10.1. The Morgan fingerprint density at radius 2 is 1.94 bits per heavy atom. The number of nitrogens with two attached hydrogens (primary N) is 1. The molecule has 0 radical (unpaired) electrons. The summed E-state index contributed by atoms with van der Waals surface area (Å²) in [7, 11) is 0. The standard InChI is InChI=1S/C8H4F3IN2O3/c9-8(10,11)4-2-5(12)6(14(16)17)1-3(4)7(13)15/h1-2H,(H2,13,15). The van der Waals surface area contributed by atoms with Crippen molar-refractivity contribution in [3.63, 3.8) is 0 Å². The highest BCUT2D eigenvalue weighted by atomic mass is 127. The van der Waals surface area contributed by atoms with E-state index in [4.69, 9.17) is 5.73 Å². The highest BCUT2D eigenvalue weighted by Gasteiger charge is 2.36. The second-order valence-electron chi connectivity index (χ2n) is 2.97. The minimum absolute atomic E-state index is 0.218. The van der Waals surface area contributed by atoms with Crippen LogP contribution in [0.25, 0.3) is 0 Å². The fraction of sp³-hybridized carbons (Fsp3) is 0.125. The second-order valence-corrected chi connectivity index (χ2v) is 4.13. The van der Waals surface area contributed by atoms with E-state index >= 15 is 0 Å². The molecule has 1 aromatic carbocycles. The van der Waals surface area contributed by atoms with Gasteiger partial charge in [0.05, 0.1) is 19.6 Å². The van der Waals surface area contributed by atoms with Crippen molar-refractivity contribution in [2.24, 2.45) is 5.73 Å². The van der Waals surface area contributed by atoms with E-state index in [-0.39, 0.29) is 3.57 Å². The summed E-state index contributed by atoms with van der Waals surface area (Å²) in [6.07, 6.45) is -4.79. The van der Waals surface area contributed by atoms with Crippen LogP contribution in [0, 0.1) is 13.7 Å². The number of rotatable bonds is 2. The zero-order chi connectivity index (χ0) is 13.4. The third-order valence-electron chi connectivity index (χ3n) is 1.85. The molecule has 0 saturated heterocycles. The number of carbonyl (C=O) groups excluding carboxylic acids is 1. The van der Waals surface area contributed by atoms with Crippen LogP contribution >= 0.6 is 22.6 Å². The molecule has 1 amide bonds. The average molecular weight is 360 g/mol. The lowest BCUT2D eigenvalue weighted by Gasteiger charge is -2.11. The molecule has 9 heteroatoms. The summed E-state index contributed by atoms with van der Waals surface area (Å²) in [6.45, 7) is 0. The lowest BCUT2D eigenvalue weighted by Crippen LogP contribution is -2.19. The van der Waals surface area contributed by atoms with E-state index in [1.165, 1.54) is 22.6 Å². The van der Waals surface area contributed by atoms with Gasteiger partial charge in [-0.2, -0.15) is 13.2 Å². The molecule has 0 aliphatic carbocycles. The Balaban J connectivity index is 3.58. The smallest absolute Gasteiger partial charge is 0.366 e. The molecule has 0 unspecified atom stereocenters. The van der Waals surface area contributed by atoms with E-state index in [9.17, 15) is 28.1 Å². The molecule has 1 aromatic rings. The zero-order valence-electron chi connectivity index (χ0n) is 7.92. The van der Waals surface area contributed by atoms with Gasteiger partial charge in [0.1, 0.15) is 0 Å². The number of hydrogen-bond acceptors (Lipinski definition) is 3. The fourth-order valence-electron chi connectivity index (χ4n) is 1.14. The Hall–Kier alpha value is -1.39. The molecule has 0 aromatic heterocycles. The molecule has 0 saturated carbocycles. The average Bonchev–Trinajstić information content (AvgIpc) is 2.14. The molecule has 0 spiro atoms. The molecule has 17 heavy (non-hydrogen) atoms. The maximum atomic E-state index is 12.5. The van der Waals surface area contributed by atoms with E-state index < -0.39 is 33.8 Å². The van der Waals surface area contributed by atoms with E-state index in [2.05, 4.69) is 0 Å². The molecule has 1 rings (SSSR count). The van der Waals surface area contributed by atoms with Crippen LogP contribution in [-0.2, 0) is 6.18 Å². The van der Waals surface area contributed by atoms with Gasteiger partial charge in [-0.1, -0.05) is 0 Å². The number of carbonyl (C=O) groups is 1. The number of benzene rings is 1. The summed E-state index contributed by atoms with van der Waals surface area (Å²) in [5, 5.41) is 10.5. The first-order valence-corrected chi connectivity index (χ1v) is 5.07. The Labute approximate surface area is 106 Å². The van der Waals surface area contributed by atoms with Gasteiger partial charge in [-0.25, -0.2) is 0 Å². The molecule has 0 aliphatic rings. The number of amides is 1. The number of nitrogens with zero attached hydrogens (tertiary/aromatic N) is 1. The van der Waals surface area contributed by atoms with Crippen LogP contribution in [0.2, 0.25) is 0 Å². The second kappa shape index (κ2) is 4.47. The summed E-state index contributed by atoms with van der Waals surface area (Å²) in [5.41, 5.74) is 1.99. The van der Waals surface area contributed by atoms with Crippen LogP contribution in [0.1, 0.15) is 15.9 Å². The van der Waals surface area contributed by atoms with Gasteiger partial charge in [0.25, 0.3) is 5.69 Å². The van der Waals surface area contributed by atoms with Gasteiger partial charge in [0.2, 0.25) is 5.91 Å². The largest absolute Gasteiger partial charge is 0.417 e. The third kappa shape index (κ3) is 2.84. The normalized spacial score (nSPS) is 11.3. The molecule has 5 nitrogen and oxygen atoms in total. The minimum Gasteiger partial charge on any atom is -0.366 e. The third-order valence-corrected chi connectivity index (χ3v) is 2.72. The Bertz CT molecular complexity index is 502. The number of nitro groups is 1. The first kappa shape index (κ1) is 13.7. The van der Waals surface area contributed by atoms with Gasteiger partial charge in [-0.15, -0.1) is 0 Å². The maximum Gasteiger partial charge on any atom is 0.417 e. The van der Waals surface area contributed by atoms with Crippen molar-refractivity contribution in [2.45, 2.75) is 6.18 Å². The summed E-state index contributed by atoms with van der Waals surface area (Å²) >= 11 is 1.39. The Morgan fingerprint density at radius 3 is 2.29 bits per heavy atom. The molecular formula is C8H4F3IN2O3. The van der Waals surface area contributed by atoms with Crippen LogP contribution in [0.5, 0.6) is 0 Å². The Morgan fingerprint density at radius 1 is 1.41 bits per heavy atom. The van der Waals surface area contributed by atoms with Crippen molar-refractivity contribution < 1.29 is 22.9 Å². The van der Waals surface area contributed by atoms with Crippen LogP contribution in [0.4, 0.5) is 18.9 Å². The fourth-order valence-corrected chi connectivity index (χ4v) is 1.80. The van der Waals surface area contributed by atoms with E-state index in [1.54, 1.807) is 0 Å². The van der Waals surface area contributed by atoms with Crippen molar-refractivity contribution in [1.29, 1.82) is 0 Å². The lowest BCUT2D eigenvalue weighted by molar-refractivity contribution is -0.385. The van der Waals surface area contributed by atoms with Crippen LogP contribution in [-0.4, -0.2) is 10.8 Å². The highest BCUT2D eigenvalue weighted by molar-refractivity contribution is 14.1. The quantitative estimate of drug-likeness (QED) is 0.499. The van der Waals surface area contributed by atoms with Crippen LogP contribution in [0.15, 0.2) is 12.1 Å². The zero-order valence-corrected chi connectivity index (χ0v) is 10.1. The van der Waals surface area contributed by atoms with Crippen LogP contribution < -0.4 is 5.73 Å². The van der Waals surface area contributed by atoms with Gasteiger partial charge in [-0.05, 0) is 28.7 Å². The van der Waals surface area contributed by atoms with Gasteiger partial charge in [-0.3, -0.25) is 14.9 Å². The van der Waals surface area contributed by atoms with Crippen molar-refractivity contribution in [3.8, 4) is 0 Å². The molecule has 0 fully saturated rings. The van der Waals surface area contributed by atoms with Crippen molar-refractivity contribution in [3.05, 3.63) is 36.9 Å². The summed E-state index contributed by atoms with van der Waals surface area (Å²) in [4.78, 5) is 20.5. The monoisotopic (exact) mass is 360 g/mol. The number of alkyl halides is 3. The highest BCUT2D eigenvalue weighted by Crippen LogP contribution is 2.36. The van der Waals surface area contributed by atoms with Gasteiger partial charge >= 0.3 is 6.18 Å². The molecule has 92 valence electrons. The first-order valence-electron chi connectivity index (χ1n) is 3.99. The molecule has 0 aliphatic heterocycles. The Kier molecular flexibility index (Phi) is 3.59. The van der Waals surface area contributed by atoms with Crippen molar-refractivity contribution in [2.75, 3.05) is 0 Å². The molecule has 0 heterocycles. The summed E-state index contributed by atoms with van der Waals surface area (Å²) < 4.78 is 37.4. The number of halogens is 4.